The van der Waals surface area contributed by atoms with Crippen molar-refractivity contribution in [2.45, 2.75) is 55.7 Å². The Bertz CT molecular complexity index is 2640. The van der Waals surface area contributed by atoms with Gasteiger partial charge in [-0.2, -0.15) is 23.5 Å². The predicted octanol–water partition coefficient (Wildman–Crippen LogP) is 6.10. The van der Waals surface area contributed by atoms with Gasteiger partial charge in [-0.05, 0) is 92.5 Å². The summed E-state index contributed by atoms with van der Waals surface area (Å²) >= 11 is 0. The van der Waals surface area contributed by atoms with Gasteiger partial charge in [0.15, 0.2) is 15.4 Å². The summed E-state index contributed by atoms with van der Waals surface area (Å²) in [5.41, 5.74) is -3.84. The molecule has 2 heterocycles. The van der Waals surface area contributed by atoms with Gasteiger partial charge in [0, 0.05) is 43.7 Å². The lowest BCUT2D eigenvalue weighted by Gasteiger charge is -2.35. The van der Waals surface area contributed by atoms with Crippen LogP contribution in [0.1, 0.15) is 65.3 Å². The molecule has 2 amide bonds. The quantitative estimate of drug-likeness (QED) is 0.0773. The molecule has 0 saturated carbocycles. The maximum absolute atomic E-state index is 14.9. The van der Waals surface area contributed by atoms with Gasteiger partial charge in [0.25, 0.3) is 17.4 Å². The van der Waals surface area contributed by atoms with Gasteiger partial charge >= 0.3 is 6.18 Å². The fraction of sp³-hybridized carbons (Fsp3) is 0.341. The van der Waals surface area contributed by atoms with Gasteiger partial charge in [0.05, 0.1) is 51.1 Å². The number of fused-ring (bicyclic) bond motifs is 1. The molecule has 13 nitrogen and oxygen atoms in total. The van der Waals surface area contributed by atoms with Crippen LogP contribution in [0.4, 0.5) is 23.2 Å². The number of alkyl halides is 3. The molecule has 18 heteroatoms. The lowest BCUT2D eigenvalue weighted by atomic mass is 10.0. The number of ether oxygens (including phenoxy) is 1. The van der Waals surface area contributed by atoms with E-state index in [0.717, 1.165) is 51.3 Å². The highest BCUT2D eigenvalue weighted by atomic mass is 32.2. The molecule has 4 aromatic carbocycles. The van der Waals surface area contributed by atoms with E-state index in [1.807, 2.05) is 12.1 Å². The molecule has 62 heavy (non-hydrogen) atoms. The maximum Gasteiger partial charge on any atom is 0.417 e. The van der Waals surface area contributed by atoms with Gasteiger partial charge in [0.1, 0.15) is 11.6 Å². The zero-order chi connectivity index (χ0) is 44.7. The number of benzene rings is 4. The number of halogens is 4. The molecule has 0 radical (unpaired) electrons. The van der Waals surface area contributed by atoms with E-state index in [9.17, 15) is 45.5 Å². The van der Waals surface area contributed by atoms with E-state index < -0.39 is 50.2 Å². The Labute approximate surface area is 354 Å². The van der Waals surface area contributed by atoms with Gasteiger partial charge in [-0.3, -0.25) is 19.3 Å². The largest absolute Gasteiger partial charge is 0.494 e. The standard InChI is InChI=1S/C44H44F4N6O7S/c1-43(58,42(57)50-31-12-11-30(27-49)37(26-31)44(46,47)48)28-62(59,60)33-15-13-32(14-16-33)61-23-7-3-2-6-18-53-19-21-54(22-20-53)41(56)36-24-29(10-17-38(36)45)25-39-34-8-4-5-9-35(34)40(55)52-51-39/h4-5,8-17,24,26,58H,2-3,6-7,18-23,25,28H2,1H3,(H,50,57)(H,52,55)/t43-/m0/s1. The number of nitrogens with one attached hydrogen (secondary N) is 2. The first-order chi connectivity index (χ1) is 29.4. The number of unbranched alkanes of at least 4 members (excludes halogenated alkanes) is 3. The molecule has 1 aromatic heterocycles. The number of nitriles is 1. The maximum atomic E-state index is 14.9. The van der Waals surface area contributed by atoms with Gasteiger partial charge in [-0.25, -0.2) is 17.9 Å². The topological polar surface area (TPSA) is 186 Å². The second kappa shape index (κ2) is 19.3. The molecule has 3 N–H and O–H groups in total. The Morgan fingerprint density at radius 1 is 0.935 bits per heavy atom. The number of nitrogens with zero attached hydrogens (tertiary/aromatic N) is 4. The van der Waals surface area contributed by atoms with E-state index in [1.54, 1.807) is 29.2 Å². The minimum absolute atomic E-state index is 0.000779. The van der Waals surface area contributed by atoms with Gasteiger partial charge in [-0.15, -0.1) is 0 Å². The number of aliphatic hydroxyl groups is 1. The number of hydrogen-bond acceptors (Lipinski definition) is 10. The van der Waals surface area contributed by atoms with Crippen molar-refractivity contribution in [3.8, 4) is 11.8 Å². The molecule has 326 valence electrons. The Balaban J connectivity index is 0.887. The third kappa shape index (κ3) is 11.2. The number of hydrogen-bond donors (Lipinski definition) is 3. The van der Waals surface area contributed by atoms with Gasteiger partial charge in [0.2, 0.25) is 0 Å². The van der Waals surface area contributed by atoms with Crippen molar-refractivity contribution in [2.24, 2.45) is 0 Å². The molecule has 5 aromatic rings. The number of amides is 2. The van der Waals surface area contributed by atoms with Crippen LogP contribution in [0.25, 0.3) is 10.8 Å². The first-order valence-corrected chi connectivity index (χ1v) is 21.5. The first kappa shape index (κ1) is 45.4. The SMILES string of the molecule is C[C@](O)(CS(=O)(=O)c1ccc(OCCCCCCN2CCN(C(=O)c3cc(Cc4n[nH]c(=O)c5ccccc45)ccc3F)CC2)cc1)C(=O)Nc1ccc(C#N)c(C(F)(F)F)c1. The Hall–Kier alpha value is -6.16. The summed E-state index contributed by atoms with van der Waals surface area (Å²) in [6.45, 7) is 4.39. The number of H-pyrrole nitrogens is 1. The van der Waals surface area contributed by atoms with Crippen LogP contribution in [0.5, 0.6) is 5.75 Å². The second-order valence-electron chi connectivity index (χ2n) is 15.3. The van der Waals surface area contributed by atoms with Crippen molar-refractivity contribution in [3.05, 3.63) is 129 Å². The first-order valence-electron chi connectivity index (χ1n) is 19.8. The van der Waals surface area contributed by atoms with Crippen LogP contribution in [0.2, 0.25) is 0 Å². The molecule has 6 rings (SSSR count). The molecule has 1 aliphatic rings. The average Bonchev–Trinajstić information content (AvgIpc) is 3.24. The van der Waals surface area contributed by atoms with Crippen LogP contribution in [0.15, 0.2) is 94.6 Å². The van der Waals surface area contributed by atoms with E-state index >= 15 is 0 Å². The number of carbonyl (C=O) groups excluding carboxylic acids is 2. The van der Waals surface area contributed by atoms with E-state index in [1.165, 1.54) is 36.4 Å². The number of rotatable bonds is 16. The Morgan fingerprint density at radius 2 is 1.63 bits per heavy atom. The highest BCUT2D eigenvalue weighted by Crippen LogP contribution is 2.34. The smallest absolute Gasteiger partial charge is 0.417 e. The lowest BCUT2D eigenvalue weighted by Crippen LogP contribution is -2.49. The van der Waals surface area contributed by atoms with Crippen molar-refractivity contribution in [1.82, 2.24) is 20.0 Å². The highest BCUT2D eigenvalue weighted by Gasteiger charge is 2.38. The van der Waals surface area contributed by atoms with E-state index in [4.69, 9.17) is 10.00 Å². The monoisotopic (exact) mass is 876 g/mol. The highest BCUT2D eigenvalue weighted by molar-refractivity contribution is 7.91. The molecule has 1 atom stereocenters. The molecular weight excluding hydrogens is 833 g/mol. The van der Waals surface area contributed by atoms with Crippen molar-refractivity contribution < 1.29 is 45.4 Å². The number of aromatic nitrogens is 2. The summed E-state index contributed by atoms with van der Waals surface area (Å²) < 4.78 is 86.8. The average molecular weight is 877 g/mol. The summed E-state index contributed by atoms with van der Waals surface area (Å²) in [4.78, 5) is 42.1. The summed E-state index contributed by atoms with van der Waals surface area (Å²) in [5.74, 6) is -2.87. The van der Waals surface area contributed by atoms with Crippen LogP contribution in [-0.2, 0) is 27.2 Å². The van der Waals surface area contributed by atoms with Crippen LogP contribution in [0, 0.1) is 17.1 Å². The van der Waals surface area contributed by atoms with E-state index in [2.05, 4.69) is 20.4 Å². The van der Waals surface area contributed by atoms with Crippen LogP contribution in [-0.4, -0.2) is 96.0 Å². The third-order valence-electron chi connectivity index (χ3n) is 10.6. The summed E-state index contributed by atoms with van der Waals surface area (Å²) in [5, 5.41) is 29.7. The third-order valence-corrected chi connectivity index (χ3v) is 12.5. The summed E-state index contributed by atoms with van der Waals surface area (Å²) in [7, 11) is -4.24. The zero-order valence-corrected chi connectivity index (χ0v) is 34.5. The van der Waals surface area contributed by atoms with Crippen LogP contribution in [0.3, 0.4) is 0 Å². The fourth-order valence-electron chi connectivity index (χ4n) is 7.15. The second-order valence-corrected chi connectivity index (χ2v) is 17.3. The lowest BCUT2D eigenvalue weighted by molar-refractivity contribution is -0.137. The van der Waals surface area contributed by atoms with Crippen LogP contribution >= 0.6 is 0 Å². The minimum atomic E-state index is -4.88. The number of anilines is 1. The molecule has 1 fully saturated rings. The summed E-state index contributed by atoms with van der Waals surface area (Å²) in [6, 6.07) is 20.8. The fourth-order valence-corrected chi connectivity index (χ4v) is 8.74. The van der Waals surface area contributed by atoms with Crippen molar-refractivity contribution in [2.75, 3.05) is 50.4 Å². The Morgan fingerprint density at radius 3 is 2.32 bits per heavy atom. The van der Waals surface area contributed by atoms with E-state index in [-0.39, 0.29) is 27.6 Å². The molecule has 0 aliphatic carbocycles. The zero-order valence-electron chi connectivity index (χ0n) is 33.7. The van der Waals surface area contributed by atoms with Crippen molar-refractivity contribution >= 4 is 38.1 Å². The van der Waals surface area contributed by atoms with Crippen molar-refractivity contribution in [3.63, 3.8) is 0 Å². The van der Waals surface area contributed by atoms with E-state index in [0.29, 0.717) is 73.1 Å². The molecule has 0 spiro atoms. The number of sulfone groups is 1. The molecule has 1 saturated heterocycles. The molecule has 1 aliphatic heterocycles. The molecular formula is C44H44F4N6O7S. The van der Waals surface area contributed by atoms with Gasteiger partial charge in [-0.1, -0.05) is 37.1 Å². The number of aromatic amines is 1. The van der Waals surface area contributed by atoms with Crippen LogP contribution < -0.4 is 15.6 Å². The van der Waals surface area contributed by atoms with Gasteiger partial charge < -0.3 is 20.1 Å². The predicted molar refractivity (Wildman–Crippen MR) is 222 cm³/mol. The van der Waals surface area contributed by atoms with Crippen molar-refractivity contribution in [1.29, 1.82) is 5.26 Å². The number of piperazine rings is 1. The normalized spacial score (nSPS) is 14.6. The summed E-state index contributed by atoms with van der Waals surface area (Å²) in [6.07, 6.45) is -1.10. The molecule has 0 unspecified atom stereocenters. The Kier molecular flexibility index (Phi) is 14.1. The minimum Gasteiger partial charge on any atom is -0.494 e. The number of carbonyl (C=O) groups is 2. The molecule has 0 bridgehead atoms.